The summed E-state index contributed by atoms with van der Waals surface area (Å²) in [7, 11) is 0. The second-order valence-corrected chi connectivity index (χ2v) is 0.814. The van der Waals surface area contributed by atoms with Gasteiger partial charge < -0.3 is 11.1 Å². The van der Waals surface area contributed by atoms with Gasteiger partial charge >= 0.3 is 6.03 Å². The van der Waals surface area contributed by atoms with E-state index in [1.165, 1.54) is 0 Å². The van der Waals surface area contributed by atoms with Gasteiger partial charge in [0.25, 0.3) is 0 Å². The normalized spacial score (nSPS) is 8.14. The van der Waals surface area contributed by atoms with Crippen molar-refractivity contribution in [2.75, 3.05) is 6.73 Å². The summed E-state index contributed by atoms with van der Waals surface area (Å²) in [5.41, 5.74) is 4.54. The third-order valence-electron chi connectivity index (χ3n) is 0.311. The first kappa shape index (κ1) is 6.19. The monoisotopic (exact) mass is 106 g/mol. The van der Waals surface area contributed by atoms with Crippen LogP contribution < -0.4 is 11.1 Å². The highest BCUT2D eigenvalue weighted by Crippen LogP contribution is 1.55. The second-order valence-electron chi connectivity index (χ2n) is 0.814. The molecule has 0 unspecified atom stereocenters. The Morgan fingerprint density at radius 3 is 2.71 bits per heavy atom. The number of urea groups is 1. The second kappa shape index (κ2) is 3.38. The van der Waals surface area contributed by atoms with Crippen molar-refractivity contribution in [2.24, 2.45) is 5.73 Å². The van der Waals surface area contributed by atoms with E-state index in [-0.39, 0.29) is 6.73 Å². The molecule has 0 aliphatic rings. The summed E-state index contributed by atoms with van der Waals surface area (Å²) in [5, 5.41) is 9.51. The van der Waals surface area contributed by atoms with Crippen LogP contribution in [0.3, 0.4) is 0 Å². The molecule has 2 amide bonds. The number of nitrogens with two attached hydrogens (primary N) is 1. The molecule has 0 saturated heterocycles. The van der Waals surface area contributed by atoms with Crippen molar-refractivity contribution >= 4 is 6.03 Å². The molecule has 0 spiro atoms. The van der Waals surface area contributed by atoms with Crippen LogP contribution in [0.25, 0.3) is 0 Å². The van der Waals surface area contributed by atoms with Crippen molar-refractivity contribution in [2.45, 2.75) is 0 Å². The zero-order valence-electron chi connectivity index (χ0n) is 3.55. The molecule has 0 heterocycles. The summed E-state index contributed by atoms with van der Waals surface area (Å²) in [5.74, 6) is 0. The van der Waals surface area contributed by atoms with Gasteiger partial charge in [0, 0.05) is 0 Å². The van der Waals surface area contributed by atoms with Gasteiger partial charge in [0.15, 0.2) is 6.73 Å². The fraction of sp³-hybridized carbons (Fsp3) is 0.500. The topological polar surface area (TPSA) is 84.6 Å². The van der Waals surface area contributed by atoms with E-state index < -0.39 is 6.03 Å². The van der Waals surface area contributed by atoms with Gasteiger partial charge in [-0.1, -0.05) is 0 Å². The van der Waals surface area contributed by atoms with E-state index in [1.807, 2.05) is 5.32 Å². The largest absolute Gasteiger partial charge is 0.352 e. The molecule has 0 saturated carbocycles. The molecule has 0 bridgehead atoms. The standard InChI is InChI=1S/C2H6N2O3/c3-2(5)4-1-7-6/h6H,1H2,(H3,3,4,5). The fourth-order valence-electron chi connectivity index (χ4n) is 0.103. The zero-order chi connectivity index (χ0) is 5.70. The molecule has 4 N–H and O–H groups in total. The first-order chi connectivity index (χ1) is 3.27. The Hall–Kier alpha value is -0.810. The van der Waals surface area contributed by atoms with Gasteiger partial charge in [-0.3, -0.25) is 0 Å². The molecule has 0 aromatic carbocycles. The van der Waals surface area contributed by atoms with Crippen LogP contribution in [0.1, 0.15) is 0 Å². The lowest BCUT2D eigenvalue weighted by Gasteiger charge is -1.92. The minimum atomic E-state index is -0.728. The van der Waals surface area contributed by atoms with Crippen molar-refractivity contribution in [1.82, 2.24) is 5.32 Å². The van der Waals surface area contributed by atoms with E-state index in [0.29, 0.717) is 0 Å². The molecular formula is C2H6N2O3. The molecular weight excluding hydrogens is 100 g/mol. The van der Waals surface area contributed by atoms with Crippen molar-refractivity contribution < 1.29 is 14.9 Å². The lowest BCUT2D eigenvalue weighted by Crippen LogP contribution is -2.30. The quantitative estimate of drug-likeness (QED) is 0.242. The van der Waals surface area contributed by atoms with Gasteiger partial charge in [-0.05, 0) is 0 Å². The molecule has 5 heteroatoms. The van der Waals surface area contributed by atoms with E-state index in [0.717, 1.165) is 0 Å². The maximum absolute atomic E-state index is 9.68. The smallest absolute Gasteiger partial charge is 0.314 e. The Balaban J connectivity index is 2.82. The number of carbonyl (C=O) groups excluding carboxylic acids is 1. The van der Waals surface area contributed by atoms with Crippen molar-refractivity contribution in [1.29, 1.82) is 0 Å². The average molecular weight is 106 g/mol. The Kier molecular flexibility index (Phi) is 2.99. The highest BCUT2D eigenvalue weighted by Gasteiger charge is 1.84. The van der Waals surface area contributed by atoms with Crippen LogP contribution in [0.5, 0.6) is 0 Å². The van der Waals surface area contributed by atoms with Gasteiger partial charge in [-0.25, -0.2) is 14.9 Å². The highest BCUT2D eigenvalue weighted by molar-refractivity contribution is 5.71. The van der Waals surface area contributed by atoms with E-state index in [1.54, 1.807) is 0 Å². The summed E-state index contributed by atoms with van der Waals surface area (Å²) in [6.07, 6.45) is 0. The highest BCUT2D eigenvalue weighted by atomic mass is 17.1. The summed E-state index contributed by atoms with van der Waals surface area (Å²) in [4.78, 5) is 13.1. The van der Waals surface area contributed by atoms with Crippen molar-refractivity contribution in [3.8, 4) is 0 Å². The number of rotatable bonds is 2. The summed E-state index contributed by atoms with van der Waals surface area (Å²) < 4.78 is 0. The molecule has 0 fully saturated rings. The Morgan fingerprint density at radius 2 is 2.57 bits per heavy atom. The Morgan fingerprint density at radius 1 is 2.00 bits per heavy atom. The number of primary amides is 1. The molecule has 5 nitrogen and oxygen atoms in total. The Labute approximate surface area is 40.0 Å². The van der Waals surface area contributed by atoms with Gasteiger partial charge in [-0.15, -0.1) is 0 Å². The van der Waals surface area contributed by atoms with Gasteiger partial charge in [0.1, 0.15) is 0 Å². The van der Waals surface area contributed by atoms with E-state index in [2.05, 4.69) is 10.6 Å². The van der Waals surface area contributed by atoms with Crippen LogP contribution in [0.2, 0.25) is 0 Å². The maximum atomic E-state index is 9.68. The van der Waals surface area contributed by atoms with Gasteiger partial charge in [-0.2, -0.15) is 0 Å². The summed E-state index contributed by atoms with van der Waals surface area (Å²) in [6, 6.07) is -0.728. The van der Waals surface area contributed by atoms with E-state index in [9.17, 15) is 4.79 Å². The van der Waals surface area contributed by atoms with Crippen LogP contribution in [0, 0.1) is 0 Å². The predicted octanol–water partition coefficient (Wildman–Crippen LogP) is -0.898. The van der Waals surface area contributed by atoms with Crippen LogP contribution in [-0.4, -0.2) is 18.0 Å². The first-order valence-electron chi connectivity index (χ1n) is 1.57. The minimum absolute atomic E-state index is 0.269. The molecule has 0 aliphatic heterocycles. The van der Waals surface area contributed by atoms with E-state index in [4.69, 9.17) is 5.26 Å². The van der Waals surface area contributed by atoms with Crippen LogP contribution in [-0.2, 0) is 4.89 Å². The van der Waals surface area contributed by atoms with Crippen molar-refractivity contribution in [3.05, 3.63) is 0 Å². The predicted molar refractivity (Wildman–Crippen MR) is 21.3 cm³/mol. The minimum Gasteiger partial charge on any atom is -0.352 e. The summed E-state index contributed by atoms with van der Waals surface area (Å²) in [6.45, 7) is -0.269. The molecule has 0 aliphatic carbocycles. The number of amides is 2. The summed E-state index contributed by atoms with van der Waals surface area (Å²) >= 11 is 0. The number of hydrogen-bond donors (Lipinski definition) is 3. The molecule has 0 atom stereocenters. The third-order valence-corrected chi connectivity index (χ3v) is 0.311. The molecule has 7 heavy (non-hydrogen) atoms. The van der Waals surface area contributed by atoms with Gasteiger partial charge in [0.2, 0.25) is 0 Å². The first-order valence-corrected chi connectivity index (χ1v) is 1.57. The van der Waals surface area contributed by atoms with E-state index >= 15 is 0 Å². The SMILES string of the molecule is NC(=O)NCOO. The van der Waals surface area contributed by atoms with Gasteiger partial charge in [0.05, 0.1) is 0 Å². The number of hydrogen-bond acceptors (Lipinski definition) is 3. The lowest BCUT2D eigenvalue weighted by atomic mass is 11.0. The Bertz CT molecular complexity index is 64.0. The van der Waals surface area contributed by atoms with Crippen molar-refractivity contribution in [3.63, 3.8) is 0 Å². The fourth-order valence-corrected chi connectivity index (χ4v) is 0.103. The van der Waals surface area contributed by atoms with Crippen LogP contribution in [0.4, 0.5) is 4.79 Å². The lowest BCUT2D eigenvalue weighted by molar-refractivity contribution is -0.244. The molecule has 0 aromatic rings. The zero-order valence-corrected chi connectivity index (χ0v) is 3.55. The third kappa shape index (κ3) is 5.19. The molecule has 0 radical (unpaired) electrons. The number of nitrogens with one attached hydrogen (secondary N) is 1. The number of carbonyl (C=O) groups is 1. The molecule has 0 aromatic heterocycles. The molecule has 0 rings (SSSR count). The average Bonchev–Trinajstić information content (AvgIpc) is 1.61. The molecule has 42 valence electrons. The maximum Gasteiger partial charge on any atom is 0.314 e. The van der Waals surface area contributed by atoms with Crippen LogP contribution >= 0.6 is 0 Å². The van der Waals surface area contributed by atoms with Crippen LogP contribution in [0.15, 0.2) is 0 Å².